The third kappa shape index (κ3) is 4.49. The summed E-state index contributed by atoms with van der Waals surface area (Å²) in [7, 11) is 0. The van der Waals surface area contributed by atoms with Gasteiger partial charge in [0, 0.05) is 55.8 Å². The first-order valence-corrected chi connectivity index (χ1v) is 11.1. The number of anilines is 3. The molecular formula is C24H24ClN7. The van der Waals surface area contributed by atoms with E-state index < -0.39 is 0 Å². The van der Waals surface area contributed by atoms with Crippen LogP contribution in [-0.2, 0) is 6.54 Å². The molecule has 8 heteroatoms. The summed E-state index contributed by atoms with van der Waals surface area (Å²) >= 11 is 6.31. The number of aromatic nitrogens is 4. The Balaban J connectivity index is 1.37. The molecular weight excluding hydrogens is 422 g/mol. The summed E-state index contributed by atoms with van der Waals surface area (Å²) < 4.78 is 0. The van der Waals surface area contributed by atoms with Crippen LogP contribution in [0.1, 0.15) is 11.1 Å². The number of fused-ring (bicyclic) bond motifs is 1. The standard InChI is InChI=1S/C24H24ClN7/c1-17-7-8-19(15-20(17)25)28-23-21-22(27-10-9-26-21)29-24(30-23)32-13-11-31(12-14-32)16-18-5-3-2-4-6-18/h2-10,15H,11-14,16H2,1H3,(H,27,28,29,30). The van der Waals surface area contributed by atoms with Crippen molar-refractivity contribution >= 4 is 40.2 Å². The van der Waals surface area contributed by atoms with Crippen molar-refractivity contribution < 1.29 is 0 Å². The van der Waals surface area contributed by atoms with E-state index in [1.165, 1.54) is 5.56 Å². The minimum Gasteiger partial charge on any atom is -0.338 e. The first-order chi connectivity index (χ1) is 15.7. The molecule has 2 aromatic heterocycles. The molecule has 0 saturated carbocycles. The molecule has 0 atom stereocenters. The van der Waals surface area contributed by atoms with Crippen molar-refractivity contribution in [2.75, 3.05) is 36.4 Å². The molecule has 5 rings (SSSR count). The van der Waals surface area contributed by atoms with Crippen LogP contribution in [-0.4, -0.2) is 51.0 Å². The minimum absolute atomic E-state index is 0.574. The third-order valence-corrected chi connectivity index (χ3v) is 6.07. The van der Waals surface area contributed by atoms with Gasteiger partial charge in [0.15, 0.2) is 17.0 Å². The Hall–Kier alpha value is -3.29. The van der Waals surface area contributed by atoms with Crippen molar-refractivity contribution in [3.63, 3.8) is 0 Å². The summed E-state index contributed by atoms with van der Waals surface area (Å²) in [6.07, 6.45) is 3.31. The SMILES string of the molecule is Cc1ccc(Nc2nc(N3CCN(Cc4ccccc4)CC3)nc3nccnc23)cc1Cl. The molecule has 32 heavy (non-hydrogen) atoms. The van der Waals surface area contributed by atoms with Crippen molar-refractivity contribution in [1.29, 1.82) is 0 Å². The fourth-order valence-corrected chi connectivity index (χ4v) is 4.02. The van der Waals surface area contributed by atoms with E-state index in [2.05, 4.69) is 55.4 Å². The molecule has 1 aliphatic rings. The predicted molar refractivity (Wildman–Crippen MR) is 129 cm³/mol. The van der Waals surface area contributed by atoms with Crippen LogP contribution in [0, 0.1) is 6.92 Å². The number of piperazine rings is 1. The van der Waals surface area contributed by atoms with Gasteiger partial charge in [0.25, 0.3) is 0 Å². The molecule has 7 nitrogen and oxygen atoms in total. The molecule has 0 unspecified atom stereocenters. The van der Waals surface area contributed by atoms with E-state index in [4.69, 9.17) is 21.6 Å². The molecule has 0 spiro atoms. The minimum atomic E-state index is 0.574. The number of rotatable bonds is 5. The van der Waals surface area contributed by atoms with Gasteiger partial charge in [-0.05, 0) is 30.2 Å². The molecule has 1 N–H and O–H groups in total. The topological polar surface area (TPSA) is 70.1 Å². The van der Waals surface area contributed by atoms with Crippen molar-refractivity contribution in [3.05, 3.63) is 77.1 Å². The van der Waals surface area contributed by atoms with Gasteiger partial charge in [0.2, 0.25) is 5.95 Å². The van der Waals surface area contributed by atoms with Gasteiger partial charge in [-0.2, -0.15) is 9.97 Å². The lowest BCUT2D eigenvalue weighted by Crippen LogP contribution is -2.46. The van der Waals surface area contributed by atoms with E-state index in [1.54, 1.807) is 12.4 Å². The Bertz CT molecular complexity index is 1220. The van der Waals surface area contributed by atoms with Crippen LogP contribution in [0.2, 0.25) is 5.02 Å². The largest absolute Gasteiger partial charge is 0.338 e. The number of hydrogen-bond donors (Lipinski definition) is 1. The van der Waals surface area contributed by atoms with E-state index in [0.29, 0.717) is 28.0 Å². The number of aryl methyl sites for hydroxylation is 1. The first-order valence-electron chi connectivity index (χ1n) is 10.7. The number of hydrogen-bond acceptors (Lipinski definition) is 7. The summed E-state index contributed by atoms with van der Waals surface area (Å²) in [6, 6.07) is 16.4. The van der Waals surface area contributed by atoms with E-state index in [0.717, 1.165) is 44.0 Å². The monoisotopic (exact) mass is 445 g/mol. The van der Waals surface area contributed by atoms with Crippen LogP contribution in [0.15, 0.2) is 60.9 Å². The first kappa shape index (κ1) is 20.6. The summed E-state index contributed by atoms with van der Waals surface area (Å²) in [4.78, 5) is 23.1. The van der Waals surface area contributed by atoms with Gasteiger partial charge in [0.05, 0.1) is 0 Å². The Morgan fingerprint density at radius 3 is 2.50 bits per heavy atom. The predicted octanol–water partition coefficient (Wildman–Crippen LogP) is 4.45. The highest BCUT2D eigenvalue weighted by Crippen LogP contribution is 2.27. The van der Waals surface area contributed by atoms with E-state index in [1.807, 2.05) is 25.1 Å². The molecule has 1 aliphatic heterocycles. The number of halogens is 1. The van der Waals surface area contributed by atoms with E-state index >= 15 is 0 Å². The average Bonchev–Trinajstić information content (AvgIpc) is 2.82. The molecule has 0 bridgehead atoms. The van der Waals surface area contributed by atoms with Crippen molar-refractivity contribution in [2.24, 2.45) is 0 Å². The maximum absolute atomic E-state index is 6.31. The van der Waals surface area contributed by atoms with Gasteiger partial charge < -0.3 is 10.2 Å². The van der Waals surface area contributed by atoms with Gasteiger partial charge in [-0.25, -0.2) is 9.97 Å². The molecule has 1 fully saturated rings. The highest BCUT2D eigenvalue weighted by atomic mass is 35.5. The quantitative estimate of drug-likeness (QED) is 0.486. The second-order valence-corrected chi connectivity index (χ2v) is 8.35. The highest BCUT2D eigenvalue weighted by Gasteiger charge is 2.21. The van der Waals surface area contributed by atoms with Gasteiger partial charge in [-0.15, -0.1) is 0 Å². The van der Waals surface area contributed by atoms with Crippen LogP contribution >= 0.6 is 11.6 Å². The second-order valence-electron chi connectivity index (χ2n) is 7.94. The van der Waals surface area contributed by atoms with Crippen molar-refractivity contribution in [2.45, 2.75) is 13.5 Å². The van der Waals surface area contributed by atoms with Crippen LogP contribution in [0.4, 0.5) is 17.5 Å². The number of nitrogens with zero attached hydrogens (tertiary/aromatic N) is 6. The molecule has 1 saturated heterocycles. The Morgan fingerprint density at radius 2 is 1.72 bits per heavy atom. The number of benzene rings is 2. The molecule has 0 aliphatic carbocycles. The Morgan fingerprint density at radius 1 is 0.938 bits per heavy atom. The van der Waals surface area contributed by atoms with Crippen molar-refractivity contribution in [3.8, 4) is 0 Å². The zero-order valence-corrected chi connectivity index (χ0v) is 18.6. The summed E-state index contributed by atoms with van der Waals surface area (Å²) in [5.41, 5.74) is 4.42. The van der Waals surface area contributed by atoms with Gasteiger partial charge in [-0.3, -0.25) is 4.90 Å². The fraction of sp³-hybridized carbons (Fsp3) is 0.250. The van der Waals surface area contributed by atoms with Crippen LogP contribution in [0.3, 0.4) is 0 Å². The Kier molecular flexibility index (Phi) is 5.83. The van der Waals surface area contributed by atoms with Crippen molar-refractivity contribution in [1.82, 2.24) is 24.8 Å². The maximum atomic E-state index is 6.31. The second kappa shape index (κ2) is 9.06. The lowest BCUT2D eigenvalue weighted by Gasteiger charge is -2.34. The molecule has 4 aromatic rings. The number of nitrogens with one attached hydrogen (secondary N) is 1. The normalized spacial score (nSPS) is 14.6. The summed E-state index contributed by atoms with van der Waals surface area (Å²) in [5, 5.41) is 4.06. The molecule has 2 aromatic carbocycles. The van der Waals surface area contributed by atoms with Crippen LogP contribution < -0.4 is 10.2 Å². The van der Waals surface area contributed by atoms with Crippen LogP contribution in [0.5, 0.6) is 0 Å². The zero-order valence-electron chi connectivity index (χ0n) is 17.9. The molecule has 3 heterocycles. The lowest BCUT2D eigenvalue weighted by molar-refractivity contribution is 0.249. The summed E-state index contributed by atoms with van der Waals surface area (Å²) in [5.74, 6) is 1.29. The lowest BCUT2D eigenvalue weighted by atomic mass is 10.2. The summed E-state index contributed by atoms with van der Waals surface area (Å²) in [6.45, 7) is 6.55. The average molecular weight is 446 g/mol. The highest BCUT2D eigenvalue weighted by molar-refractivity contribution is 6.31. The van der Waals surface area contributed by atoms with E-state index in [-0.39, 0.29) is 0 Å². The zero-order chi connectivity index (χ0) is 21.9. The molecule has 0 amide bonds. The Labute approximate surface area is 192 Å². The molecule has 162 valence electrons. The van der Waals surface area contributed by atoms with Gasteiger partial charge in [-0.1, -0.05) is 48.0 Å². The van der Waals surface area contributed by atoms with Gasteiger partial charge >= 0.3 is 0 Å². The third-order valence-electron chi connectivity index (χ3n) is 5.66. The fourth-order valence-electron chi connectivity index (χ4n) is 3.84. The van der Waals surface area contributed by atoms with Crippen LogP contribution in [0.25, 0.3) is 11.2 Å². The molecule has 0 radical (unpaired) electrons. The smallest absolute Gasteiger partial charge is 0.229 e. The maximum Gasteiger partial charge on any atom is 0.229 e. The van der Waals surface area contributed by atoms with E-state index in [9.17, 15) is 0 Å². The van der Waals surface area contributed by atoms with Gasteiger partial charge in [0.1, 0.15) is 0 Å².